The lowest BCUT2D eigenvalue weighted by Gasteiger charge is -2.22. The van der Waals surface area contributed by atoms with Crippen LogP contribution in [-0.2, 0) is 38.2 Å². The molecular weight excluding hydrogens is 411 g/mol. The van der Waals surface area contributed by atoms with Crippen LogP contribution in [0.2, 0.25) is 0 Å². The van der Waals surface area contributed by atoms with Crippen molar-refractivity contribution in [3.8, 4) is 0 Å². The smallest absolute Gasteiger partial charge is 0.416 e. The van der Waals surface area contributed by atoms with E-state index in [0.717, 1.165) is 12.3 Å². The molecule has 10 heteroatoms. The minimum Gasteiger partial charge on any atom is -0.444 e. The number of alkyl carbamates (subject to hydrolysis) is 1. The van der Waals surface area contributed by atoms with Gasteiger partial charge in [-0.1, -0.05) is 25.5 Å². The number of ether oxygens (including phenoxy) is 1. The summed E-state index contributed by atoms with van der Waals surface area (Å²) in [6.45, 7) is 6.23. The third-order valence-electron chi connectivity index (χ3n) is 3.99. The Bertz CT molecular complexity index is 801. The van der Waals surface area contributed by atoms with Crippen molar-refractivity contribution in [2.75, 3.05) is 12.9 Å². The summed E-state index contributed by atoms with van der Waals surface area (Å²) < 4.78 is 72.8. The van der Waals surface area contributed by atoms with Gasteiger partial charge in [-0.05, 0) is 50.3 Å². The van der Waals surface area contributed by atoms with Crippen LogP contribution in [0.25, 0.3) is 0 Å². The second-order valence-electron chi connectivity index (χ2n) is 7.76. The van der Waals surface area contributed by atoms with Gasteiger partial charge >= 0.3 is 12.3 Å². The molecule has 0 saturated heterocycles. The summed E-state index contributed by atoms with van der Waals surface area (Å²) in [5, 5.41) is 2.37. The Morgan fingerprint density at radius 2 is 1.83 bits per heavy atom. The molecular formula is C19H28F3NO5S. The van der Waals surface area contributed by atoms with Crippen molar-refractivity contribution in [3.63, 3.8) is 0 Å². The summed E-state index contributed by atoms with van der Waals surface area (Å²) in [5.41, 5.74) is -1.36. The van der Waals surface area contributed by atoms with Gasteiger partial charge in [-0.15, -0.1) is 0 Å². The van der Waals surface area contributed by atoms with E-state index in [4.69, 9.17) is 8.92 Å². The van der Waals surface area contributed by atoms with Gasteiger partial charge in [0.15, 0.2) is 0 Å². The highest BCUT2D eigenvalue weighted by Gasteiger charge is 2.34. The maximum atomic E-state index is 13.5. The normalized spacial score (nSPS) is 13.8. The molecule has 0 aliphatic carbocycles. The summed E-state index contributed by atoms with van der Waals surface area (Å²) in [6, 6.07) is 3.77. The van der Waals surface area contributed by atoms with E-state index in [1.807, 2.05) is 0 Å². The van der Waals surface area contributed by atoms with Gasteiger partial charge in [0, 0.05) is 6.54 Å². The highest BCUT2D eigenvalue weighted by molar-refractivity contribution is 7.85. The van der Waals surface area contributed by atoms with Crippen LogP contribution in [0.4, 0.5) is 18.0 Å². The molecule has 1 atom stereocenters. The van der Waals surface area contributed by atoms with Crippen molar-refractivity contribution in [1.29, 1.82) is 0 Å². The van der Waals surface area contributed by atoms with Gasteiger partial charge in [-0.2, -0.15) is 21.6 Å². The second kappa shape index (κ2) is 9.80. The lowest BCUT2D eigenvalue weighted by atomic mass is 9.91. The third-order valence-corrected chi connectivity index (χ3v) is 4.55. The van der Waals surface area contributed by atoms with Crippen molar-refractivity contribution in [2.45, 2.75) is 58.9 Å². The van der Waals surface area contributed by atoms with Crippen LogP contribution in [0.15, 0.2) is 18.2 Å². The minimum absolute atomic E-state index is 0.0799. The van der Waals surface area contributed by atoms with Gasteiger partial charge in [0.25, 0.3) is 10.1 Å². The molecule has 0 fully saturated rings. The first-order chi connectivity index (χ1) is 13.1. The summed E-state index contributed by atoms with van der Waals surface area (Å²) in [5.74, 6) is -0.312. The topological polar surface area (TPSA) is 81.7 Å². The third kappa shape index (κ3) is 9.49. The fourth-order valence-electron chi connectivity index (χ4n) is 2.63. The largest absolute Gasteiger partial charge is 0.444 e. The van der Waals surface area contributed by atoms with Crippen molar-refractivity contribution < 1.29 is 35.3 Å². The Balaban J connectivity index is 3.11. The van der Waals surface area contributed by atoms with E-state index in [-0.39, 0.29) is 31.1 Å². The molecule has 1 aromatic rings. The fraction of sp³-hybridized carbons (Fsp3) is 0.632. The zero-order valence-electron chi connectivity index (χ0n) is 17.2. The van der Waals surface area contributed by atoms with Crippen molar-refractivity contribution in [1.82, 2.24) is 5.32 Å². The molecule has 0 radical (unpaired) electrons. The van der Waals surface area contributed by atoms with Crippen LogP contribution >= 0.6 is 0 Å². The van der Waals surface area contributed by atoms with Crippen molar-refractivity contribution >= 4 is 16.2 Å². The van der Waals surface area contributed by atoms with Gasteiger partial charge in [0.05, 0.1) is 18.4 Å². The number of alkyl halides is 3. The Hall–Kier alpha value is -1.81. The van der Waals surface area contributed by atoms with E-state index in [1.54, 1.807) is 27.7 Å². The molecule has 0 aromatic heterocycles. The number of amides is 1. The first-order valence-electron chi connectivity index (χ1n) is 9.11. The Morgan fingerprint density at radius 3 is 2.31 bits per heavy atom. The molecule has 1 N–H and O–H groups in total. The molecule has 29 heavy (non-hydrogen) atoms. The number of halogens is 3. The molecule has 0 heterocycles. The van der Waals surface area contributed by atoms with Crippen molar-refractivity contribution in [3.05, 3.63) is 34.9 Å². The van der Waals surface area contributed by atoms with E-state index >= 15 is 0 Å². The quantitative estimate of drug-likeness (QED) is 0.612. The highest BCUT2D eigenvalue weighted by atomic mass is 32.2. The van der Waals surface area contributed by atoms with E-state index in [1.165, 1.54) is 12.1 Å². The molecule has 0 saturated carbocycles. The van der Waals surface area contributed by atoms with Crippen molar-refractivity contribution in [2.24, 2.45) is 5.92 Å². The number of hydrogen-bond donors (Lipinski definition) is 1. The van der Waals surface area contributed by atoms with Crippen LogP contribution in [0.1, 0.15) is 50.8 Å². The number of carbonyl (C=O) groups excluding carboxylic acids is 1. The van der Waals surface area contributed by atoms with E-state index in [0.29, 0.717) is 12.0 Å². The van der Waals surface area contributed by atoms with Crippen LogP contribution in [0, 0.1) is 5.92 Å². The highest BCUT2D eigenvalue weighted by Crippen LogP contribution is 2.34. The first kappa shape index (κ1) is 25.2. The zero-order valence-corrected chi connectivity index (χ0v) is 18.0. The fourth-order valence-corrected chi connectivity index (χ4v) is 3.07. The SMILES string of the molecule is CCC(COS(C)(=O)=O)Cc1cccc(C(F)(F)F)c1CNC(=O)OC(C)(C)C. The van der Waals surface area contributed by atoms with Gasteiger partial charge in [0.1, 0.15) is 5.60 Å². The minimum atomic E-state index is -4.61. The van der Waals surface area contributed by atoms with Crippen LogP contribution in [-0.4, -0.2) is 33.0 Å². The number of carbonyl (C=O) groups is 1. The van der Waals surface area contributed by atoms with Gasteiger partial charge in [0.2, 0.25) is 0 Å². The molecule has 0 spiro atoms. The van der Waals surface area contributed by atoms with Gasteiger partial charge in [-0.3, -0.25) is 4.18 Å². The lowest BCUT2D eigenvalue weighted by Crippen LogP contribution is -2.33. The van der Waals surface area contributed by atoms with E-state index in [9.17, 15) is 26.4 Å². The summed E-state index contributed by atoms with van der Waals surface area (Å²) in [4.78, 5) is 11.9. The molecule has 0 aliphatic heterocycles. The number of nitrogens with one attached hydrogen (secondary N) is 1. The lowest BCUT2D eigenvalue weighted by molar-refractivity contribution is -0.138. The summed E-state index contributed by atoms with van der Waals surface area (Å²) in [7, 11) is -3.66. The van der Waals surface area contributed by atoms with Crippen LogP contribution < -0.4 is 5.32 Å². The predicted molar refractivity (Wildman–Crippen MR) is 103 cm³/mol. The van der Waals surface area contributed by atoms with E-state index < -0.39 is 33.6 Å². The maximum absolute atomic E-state index is 13.5. The number of benzene rings is 1. The van der Waals surface area contributed by atoms with Crippen LogP contribution in [0.3, 0.4) is 0 Å². The summed E-state index contributed by atoms with van der Waals surface area (Å²) >= 11 is 0. The Labute approximate surface area is 169 Å². The predicted octanol–water partition coefficient (Wildman–Crippen LogP) is 4.28. The van der Waals surface area contributed by atoms with Crippen LogP contribution in [0.5, 0.6) is 0 Å². The molecule has 166 valence electrons. The molecule has 6 nitrogen and oxygen atoms in total. The number of hydrogen-bond acceptors (Lipinski definition) is 5. The average Bonchev–Trinajstić information content (AvgIpc) is 2.53. The Kier molecular flexibility index (Phi) is 8.52. The van der Waals surface area contributed by atoms with Gasteiger partial charge in [-0.25, -0.2) is 4.79 Å². The molecule has 1 aromatic carbocycles. The van der Waals surface area contributed by atoms with Gasteiger partial charge < -0.3 is 10.1 Å². The Morgan fingerprint density at radius 1 is 1.21 bits per heavy atom. The molecule has 0 aliphatic rings. The van der Waals surface area contributed by atoms with E-state index in [2.05, 4.69) is 5.32 Å². The number of rotatable bonds is 8. The molecule has 1 rings (SSSR count). The first-order valence-corrected chi connectivity index (χ1v) is 10.9. The molecule has 1 unspecified atom stereocenters. The molecule has 0 bridgehead atoms. The standard InChI is InChI=1S/C19H28F3NO5S/c1-6-13(12-27-29(5,25)26)10-14-8-7-9-16(19(20,21)22)15(14)11-23-17(24)28-18(2,3)4/h7-9,13H,6,10-12H2,1-5H3,(H,23,24). The summed E-state index contributed by atoms with van der Waals surface area (Å²) in [6.07, 6.45) is -3.84. The second-order valence-corrected chi connectivity index (χ2v) is 9.41. The molecule has 1 amide bonds. The zero-order chi connectivity index (χ0) is 22.5. The average molecular weight is 439 g/mol. The monoisotopic (exact) mass is 439 g/mol. The maximum Gasteiger partial charge on any atom is 0.416 e.